The molecule has 4 rings (SSSR count). The number of anilines is 2. The van der Waals surface area contributed by atoms with E-state index in [2.05, 4.69) is 5.32 Å². The largest absolute Gasteiger partial charge is 0.322 e. The third kappa shape index (κ3) is 3.81. The highest BCUT2D eigenvalue weighted by Gasteiger charge is 2.36. The molecule has 1 aliphatic rings. The summed E-state index contributed by atoms with van der Waals surface area (Å²) >= 11 is 0. The number of fused-ring (bicyclic) bond motifs is 1. The van der Waals surface area contributed by atoms with Crippen molar-refractivity contribution in [1.29, 1.82) is 0 Å². The van der Waals surface area contributed by atoms with Gasteiger partial charge in [-0.05, 0) is 92.4 Å². The van der Waals surface area contributed by atoms with Gasteiger partial charge in [-0.15, -0.1) is 0 Å². The number of sulfonamides is 1. The minimum atomic E-state index is -3.84. The van der Waals surface area contributed by atoms with Gasteiger partial charge in [0.15, 0.2) is 0 Å². The molecule has 0 fully saturated rings. The molecular formula is C24H23FN2O3S. The molecule has 31 heavy (non-hydrogen) atoms. The van der Waals surface area contributed by atoms with Gasteiger partial charge >= 0.3 is 0 Å². The molecule has 1 heterocycles. The highest BCUT2D eigenvalue weighted by atomic mass is 32.2. The first-order valence-corrected chi connectivity index (χ1v) is 11.4. The van der Waals surface area contributed by atoms with Crippen molar-refractivity contribution in [3.05, 3.63) is 88.7 Å². The molecular weight excluding hydrogens is 415 g/mol. The van der Waals surface area contributed by atoms with Crippen molar-refractivity contribution in [1.82, 2.24) is 0 Å². The van der Waals surface area contributed by atoms with Crippen LogP contribution in [0.2, 0.25) is 0 Å². The maximum absolute atomic E-state index is 13.2. The number of carbonyl (C=O) groups is 1. The maximum Gasteiger partial charge on any atom is 0.264 e. The average molecular weight is 439 g/mol. The fraction of sp³-hybridized carbons (Fsp3) is 0.208. The average Bonchev–Trinajstić information content (AvgIpc) is 3.07. The summed E-state index contributed by atoms with van der Waals surface area (Å²) in [7, 11) is -3.84. The quantitative estimate of drug-likeness (QED) is 0.634. The zero-order chi connectivity index (χ0) is 22.3. The lowest BCUT2D eigenvalue weighted by molar-refractivity contribution is 0.102. The molecule has 0 aliphatic carbocycles. The molecule has 1 atom stereocenters. The monoisotopic (exact) mass is 438 g/mol. The van der Waals surface area contributed by atoms with Crippen LogP contribution in [-0.4, -0.2) is 20.4 Å². The van der Waals surface area contributed by atoms with Crippen LogP contribution in [0.15, 0.2) is 65.6 Å². The van der Waals surface area contributed by atoms with E-state index in [1.54, 1.807) is 18.2 Å². The molecule has 7 heteroatoms. The highest BCUT2D eigenvalue weighted by Crippen LogP contribution is 2.37. The summed E-state index contributed by atoms with van der Waals surface area (Å²) in [5.74, 6) is -0.739. The van der Waals surface area contributed by atoms with E-state index in [1.807, 2.05) is 39.0 Å². The summed E-state index contributed by atoms with van der Waals surface area (Å²) < 4.78 is 40.9. The van der Waals surface area contributed by atoms with Gasteiger partial charge in [0.05, 0.1) is 10.6 Å². The number of benzene rings is 3. The van der Waals surface area contributed by atoms with Crippen molar-refractivity contribution >= 4 is 27.3 Å². The molecule has 1 N–H and O–H groups in total. The fourth-order valence-corrected chi connectivity index (χ4v) is 5.60. The third-order valence-electron chi connectivity index (χ3n) is 5.72. The van der Waals surface area contributed by atoms with E-state index < -0.39 is 15.8 Å². The molecule has 3 aromatic carbocycles. The van der Waals surface area contributed by atoms with Crippen LogP contribution in [-0.2, 0) is 16.4 Å². The first kappa shape index (κ1) is 21.1. The normalized spacial score (nSPS) is 15.6. The molecule has 0 unspecified atom stereocenters. The van der Waals surface area contributed by atoms with E-state index >= 15 is 0 Å². The number of carbonyl (C=O) groups excluding carboxylic acids is 1. The zero-order valence-electron chi connectivity index (χ0n) is 17.5. The minimum absolute atomic E-state index is 0.0327. The second-order valence-corrected chi connectivity index (χ2v) is 9.67. The Bertz CT molecular complexity index is 1270. The first-order chi connectivity index (χ1) is 14.7. The van der Waals surface area contributed by atoms with Crippen LogP contribution < -0.4 is 9.62 Å². The fourth-order valence-electron chi connectivity index (χ4n) is 3.91. The van der Waals surface area contributed by atoms with Crippen LogP contribution in [0.5, 0.6) is 0 Å². The zero-order valence-corrected chi connectivity index (χ0v) is 18.3. The Kier molecular flexibility index (Phi) is 5.31. The number of hydrogen-bond acceptors (Lipinski definition) is 3. The molecule has 0 aromatic heterocycles. The second kappa shape index (κ2) is 7.81. The summed E-state index contributed by atoms with van der Waals surface area (Å²) in [5.41, 5.74) is 4.63. The number of amides is 1. The second-order valence-electron chi connectivity index (χ2n) is 7.85. The van der Waals surface area contributed by atoms with E-state index in [0.29, 0.717) is 17.7 Å². The number of nitrogens with zero attached hydrogens (tertiary/aromatic N) is 1. The number of hydrogen-bond donors (Lipinski definition) is 1. The number of aryl methyl sites for hydroxylation is 1. The van der Waals surface area contributed by atoms with E-state index in [4.69, 9.17) is 0 Å². The minimum Gasteiger partial charge on any atom is -0.322 e. The smallest absolute Gasteiger partial charge is 0.264 e. The van der Waals surface area contributed by atoms with Gasteiger partial charge in [0.1, 0.15) is 5.82 Å². The maximum atomic E-state index is 13.2. The molecule has 0 radical (unpaired) electrons. The molecule has 160 valence electrons. The number of nitrogens with one attached hydrogen (secondary N) is 1. The molecule has 1 aliphatic heterocycles. The molecule has 0 saturated heterocycles. The predicted octanol–water partition coefficient (Wildman–Crippen LogP) is 4.83. The van der Waals surface area contributed by atoms with E-state index in [9.17, 15) is 17.6 Å². The highest BCUT2D eigenvalue weighted by molar-refractivity contribution is 7.92. The Hall–Kier alpha value is -3.19. The van der Waals surface area contributed by atoms with Gasteiger partial charge in [0.2, 0.25) is 0 Å². The summed E-state index contributed by atoms with van der Waals surface area (Å²) in [5, 5.41) is 2.94. The van der Waals surface area contributed by atoms with Crippen LogP contribution in [0.1, 0.15) is 34.0 Å². The van der Waals surface area contributed by atoms with Gasteiger partial charge in [-0.1, -0.05) is 12.1 Å². The molecule has 0 bridgehead atoms. The predicted molar refractivity (Wildman–Crippen MR) is 120 cm³/mol. The number of rotatable bonds is 4. The van der Waals surface area contributed by atoms with Crippen molar-refractivity contribution in [2.75, 3.05) is 9.62 Å². The summed E-state index contributed by atoms with van der Waals surface area (Å²) in [6.45, 7) is 5.75. The van der Waals surface area contributed by atoms with E-state index in [1.165, 1.54) is 16.4 Å². The van der Waals surface area contributed by atoms with Crippen LogP contribution in [0.25, 0.3) is 0 Å². The Morgan fingerprint density at radius 3 is 2.48 bits per heavy atom. The standard InChI is InChI=1S/C24H23FN2O3S/c1-15-5-4-6-22(17(15)3)26-24(28)18-7-12-23-19(14-18)13-16(2)27(23)31(29,30)21-10-8-20(25)9-11-21/h4-12,14,16H,13H2,1-3H3,(H,26,28)/t16-/m1/s1. The Labute approximate surface area is 181 Å². The van der Waals surface area contributed by atoms with Gasteiger partial charge in [-0.2, -0.15) is 0 Å². The SMILES string of the molecule is Cc1cccc(NC(=O)c2ccc3c(c2)C[C@@H](C)N3S(=O)(=O)c2ccc(F)cc2)c1C. The van der Waals surface area contributed by atoms with Crippen molar-refractivity contribution < 1.29 is 17.6 Å². The summed E-state index contributed by atoms with van der Waals surface area (Å²) in [6, 6.07) is 15.2. The summed E-state index contributed by atoms with van der Waals surface area (Å²) in [4.78, 5) is 12.8. The molecule has 5 nitrogen and oxygen atoms in total. The Morgan fingerprint density at radius 2 is 1.77 bits per heavy atom. The van der Waals surface area contributed by atoms with Crippen LogP contribution in [0, 0.1) is 19.7 Å². The van der Waals surface area contributed by atoms with Crippen LogP contribution in [0.4, 0.5) is 15.8 Å². The van der Waals surface area contributed by atoms with Gasteiger partial charge in [0, 0.05) is 17.3 Å². The topological polar surface area (TPSA) is 66.5 Å². The summed E-state index contributed by atoms with van der Waals surface area (Å²) in [6.07, 6.45) is 0.486. The van der Waals surface area contributed by atoms with E-state index in [0.717, 1.165) is 34.5 Å². The first-order valence-electron chi connectivity index (χ1n) is 9.99. The number of halogens is 1. The van der Waals surface area contributed by atoms with Crippen molar-refractivity contribution in [3.8, 4) is 0 Å². The molecule has 3 aromatic rings. The van der Waals surface area contributed by atoms with Crippen molar-refractivity contribution in [2.24, 2.45) is 0 Å². The van der Waals surface area contributed by atoms with Crippen molar-refractivity contribution in [2.45, 2.75) is 38.1 Å². The van der Waals surface area contributed by atoms with Crippen LogP contribution in [0.3, 0.4) is 0 Å². The van der Waals surface area contributed by atoms with Crippen molar-refractivity contribution in [3.63, 3.8) is 0 Å². The molecule has 0 saturated carbocycles. The molecule has 0 spiro atoms. The third-order valence-corrected chi connectivity index (χ3v) is 7.66. The van der Waals surface area contributed by atoms with E-state index in [-0.39, 0.29) is 16.8 Å². The van der Waals surface area contributed by atoms with Gasteiger partial charge in [-0.3, -0.25) is 9.10 Å². The van der Waals surface area contributed by atoms with Gasteiger partial charge in [0.25, 0.3) is 15.9 Å². The van der Waals surface area contributed by atoms with Crippen LogP contribution >= 0.6 is 0 Å². The van der Waals surface area contributed by atoms with Gasteiger partial charge < -0.3 is 5.32 Å². The van der Waals surface area contributed by atoms with Gasteiger partial charge in [-0.25, -0.2) is 12.8 Å². The molecule has 1 amide bonds. The Morgan fingerprint density at radius 1 is 1.06 bits per heavy atom. The lowest BCUT2D eigenvalue weighted by atomic mass is 10.1. The Balaban J connectivity index is 1.64. The lowest BCUT2D eigenvalue weighted by Gasteiger charge is -2.24. The lowest BCUT2D eigenvalue weighted by Crippen LogP contribution is -2.35.